The minimum Gasteiger partial charge on any atom is -0.389 e. The monoisotopic (exact) mass is 249 g/mol. The van der Waals surface area contributed by atoms with Gasteiger partial charge in [0.05, 0.1) is 5.60 Å². The van der Waals surface area contributed by atoms with Crippen molar-refractivity contribution in [1.29, 1.82) is 0 Å². The van der Waals surface area contributed by atoms with Gasteiger partial charge in [0.15, 0.2) is 0 Å². The maximum absolute atomic E-state index is 12.1. The van der Waals surface area contributed by atoms with E-state index >= 15 is 0 Å². The molecule has 0 unspecified atom stereocenters. The molecule has 0 spiro atoms. The van der Waals surface area contributed by atoms with Crippen LogP contribution in [0.25, 0.3) is 0 Å². The zero-order valence-corrected chi connectivity index (χ0v) is 11.7. The fraction of sp³-hybridized carbons (Fsp3) is 0.533. The summed E-state index contributed by atoms with van der Waals surface area (Å²) in [4.78, 5) is 13.7. The van der Waals surface area contributed by atoms with Crippen molar-refractivity contribution < 1.29 is 9.90 Å². The van der Waals surface area contributed by atoms with E-state index < -0.39 is 5.60 Å². The summed E-state index contributed by atoms with van der Waals surface area (Å²) in [6.45, 7) is 5.85. The number of rotatable bonds is 5. The van der Waals surface area contributed by atoms with Gasteiger partial charge in [0.1, 0.15) is 0 Å². The molecule has 100 valence electrons. The second-order valence-electron chi connectivity index (χ2n) is 5.42. The second kappa shape index (κ2) is 6.01. The molecule has 0 aliphatic carbocycles. The third-order valence-corrected chi connectivity index (χ3v) is 2.71. The van der Waals surface area contributed by atoms with Crippen LogP contribution in [0.1, 0.15) is 43.1 Å². The molecule has 0 heterocycles. The predicted molar refractivity (Wildman–Crippen MR) is 73.7 cm³/mol. The highest BCUT2D eigenvalue weighted by atomic mass is 16.3. The van der Waals surface area contributed by atoms with Crippen molar-refractivity contribution in [2.75, 3.05) is 13.6 Å². The number of amides is 1. The number of nitrogens with zero attached hydrogens (tertiary/aromatic N) is 1. The minimum absolute atomic E-state index is 0.0554. The number of carbonyl (C=O) groups excluding carboxylic acids is 1. The van der Waals surface area contributed by atoms with Crippen LogP contribution >= 0.6 is 0 Å². The summed E-state index contributed by atoms with van der Waals surface area (Å²) in [6.07, 6.45) is 2.14. The Morgan fingerprint density at radius 3 is 2.28 bits per heavy atom. The summed E-state index contributed by atoms with van der Waals surface area (Å²) >= 11 is 0. The van der Waals surface area contributed by atoms with Crippen LogP contribution in [0, 0.1) is 0 Å². The zero-order valence-electron chi connectivity index (χ0n) is 11.7. The van der Waals surface area contributed by atoms with Crippen molar-refractivity contribution >= 4 is 5.91 Å². The molecule has 0 aliphatic heterocycles. The van der Waals surface area contributed by atoms with Gasteiger partial charge in [-0.2, -0.15) is 0 Å². The Morgan fingerprint density at radius 1 is 1.28 bits per heavy atom. The average Bonchev–Trinajstić information content (AvgIpc) is 2.27. The summed E-state index contributed by atoms with van der Waals surface area (Å²) in [5.41, 5.74) is 1.05. The van der Waals surface area contributed by atoms with Gasteiger partial charge in [0.2, 0.25) is 0 Å². The summed E-state index contributed by atoms with van der Waals surface area (Å²) in [5.74, 6) is -0.0554. The van der Waals surface area contributed by atoms with Gasteiger partial charge in [-0.3, -0.25) is 4.79 Å². The standard InChI is InChI=1S/C15H23NO2/c1-5-6-12-7-9-13(10-8-12)14(17)16(4)11-15(2,3)18/h7-10,18H,5-6,11H2,1-4H3. The van der Waals surface area contributed by atoms with Gasteiger partial charge < -0.3 is 10.0 Å². The first-order valence-electron chi connectivity index (χ1n) is 6.40. The van der Waals surface area contributed by atoms with Crippen LogP contribution in [-0.2, 0) is 6.42 Å². The predicted octanol–water partition coefficient (Wildman–Crippen LogP) is 2.48. The highest BCUT2D eigenvalue weighted by Crippen LogP contribution is 2.11. The molecule has 0 saturated carbocycles. The number of aliphatic hydroxyl groups is 1. The summed E-state index contributed by atoms with van der Waals surface area (Å²) in [6, 6.07) is 7.70. The largest absolute Gasteiger partial charge is 0.389 e. The molecule has 0 aromatic heterocycles. The molecule has 0 fully saturated rings. The molecule has 18 heavy (non-hydrogen) atoms. The van der Waals surface area contributed by atoms with E-state index in [1.165, 1.54) is 5.56 Å². The van der Waals surface area contributed by atoms with Gasteiger partial charge in [-0.15, -0.1) is 0 Å². The topological polar surface area (TPSA) is 40.5 Å². The molecule has 0 aliphatic rings. The first-order valence-corrected chi connectivity index (χ1v) is 6.40. The number of benzene rings is 1. The Balaban J connectivity index is 2.72. The summed E-state index contributed by atoms with van der Waals surface area (Å²) in [7, 11) is 1.71. The molecule has 1 aromatic carbocycles. The normalized spacial score (nSPS) is 11.4. The third-order valence-electron chi connectivity index (χ3n) is 2.71. The number of aryl methyl sites for hydroxylation is 1. The van der Waals surface area contributed by atoms with Crippen LogP contribution < -0.4 is 0 Å². The highest BCUT2D eigenvalue weighted by Gasteiger charge is 2.20. The van der Waals surface area contributed by atoms with Crippen LogP contribution in [0.5, 0.6) is 0 Å². The molecule has 0 bridgehead atoms. The van der Waals surface area contributed by atoms with Crippen LogP contribution in [0.3, 0.4) is 0 Å². The number of hydrogen-bond acceptors (Lipinski definition) is 2. The van der Waals surface area contributed by atoms with Crippen molar-refractivity contribution in [3.05, 3.63) is 35.4 Å². The van der Waals surface area contributed by atoms with Crippen LogP contribution in [0.15, 0.2) is 24.3 Å². The molecule has 0 atom stereocenters. The molecule has 1 amide bonds. The molecule has 0 radical (unpaired) electrons. The van der Waals surface area contributed by atoms with E-state index in [0.29, 0.717) is 12.1 Å². The van der Waals surface area contributed by atoms with Crippen molar-refractivity contribution in [3.8, 4) is 0 Å². The SMILES string of the molecule is CCCc1ccc(C(=O)N(C)CC(C)(C)O)cc1. The van der Waals surface area contributed by atoms with Gasteiger partial charge in [-0.05, 0) is 38.0 Å². The molecule has 1 N–H and O–H groups in total. The molecule has 0 saturated heterocycles. The Bertz CT molecular complexity index is 390. The van der Waals surface area contributed by atoms with Gasteiger partial charge >= 0.3 is 0 Å². The molecule has 3 heteroatoms. The fourth-order valence-electron chi connectivity index (χ4n) is 1.98. The molecular formula is C15H23NO2. The smallest absolute Gasteiger partial charge is 0.253 e. The Kier molecular flexibility index (Phi) is 4.91. The lowest BCUT2D eigenvalue weighted by Gasteiger charge is -2.25. The molecule has 3 nitrogen and oxygen atoms in total. The van der Waals surface area contributed by atoms with E-state index in [9.17, 15) is 9.90 Å². The lowest BCUT2D eigenvalue weighted by Crippen LogP contribution is -2.39. The highest BCUT2D eigenvalue weighted by molar-refractivity contribution is 5.94. The Hall–Kier alpha value is -1.35. The lowest BCUT2D eigenvalue weighted by atomic mass is 10.1. The van der Waals surface area contributed by atoms with Gasteiger partial charge in [0.25, 0.3) is 5.91 Å². The van der Waals surface area contributed by atoms with Gasteiger partial charge in [0, 0.05) is 19.2 Å². The molecule has 1 aromatic rings. The zero-order chi connectivity index (χ0) is 13.8. The maximum atomic E-state index is 12.1. The van der Waals surface area contributed by atoms with E-state index in [2.05, 4.69) is 6.92 Å². The summed E-state index contributed by atoms with van der Waals surface area (Å²) < 4.78 is 0. The van der Waals surface area contributed by atoms with Gasteiger partial charge in [-0.25, -0.2) is 0 Å². The number of carbonyl (C=O) groups is 1. The van der Waals surface area contributed by atoms with Crippen molar-refractivity contribution in [2.24, 2.45) is 0 Å². The van der Waals surface area contributed by atoms with Crippen molar-refractivity contribution in [1.82, 2.24) is 4.90 Å². The van der Waals surface area contributed by atoms with E-state index in [1.54, 1.807) is 25.8 Å². The lowest BCUT2D eigenvalue weighted by molar-refractivity contribution is 0.0368. The van der Waals surface area contributed by atoms with Crippen LogP contribution in [-0.4, -0.2) is 35.1 Å². The van der Waals surface area contributed by atoms with E-state index in [1.807, 2.05) is 24.3 Å². The fourth-order valence-corrected chi connectivity index (χ4v) is 1.98. The van der Waals surface area contributed by atoms with Crippen LogP contribution in [0.2, 0.25) is 0 Å². The van der Waals surface area contributed by atoms with Crippen molar-refractivity contribution in [2.45, 2.75) is 39.2 Å². The van der Waals surface area contributed by atoms with E-state index in [-0.39, 0.29) is 5.91 Å². The molecule has 1 rings (SSSR count). The average molecular weight is 249 g/mol. The second-order valence-corrected chi connectivity index (χ2v) is 5.42. The molecular weight excluding hydrogens is 226 g/mol. The van der Waals surface area contributed by atoms with Gasteiger partial charge in [-0.1, -0.05) is 25.5 Å². The third kappa shape index (κ3) is 4.49. The number of likely N-dealkylation sites (N-methyl/N-ethyl adjacent to an activating group) is 1. The van der Waals surface area contributed by atoms with Crippen LogP contribution in [0.4, 0.5) is 0 Å². The Morgan fingerprint density at radius 2 is 1.83 bits per heavy atom. The van der Waals surface area contributed by atoms with Crippen molar-refractivity contribution in [3.63, 3.8) is 0 Å². The van der Waals surface area contributed by atoms with E-state index in [0.717, 1.165) is 12.8 Å². The first-order chi connectivity index (χ1) is 8.33. The maximum Gasteiger partial charge on any atom is 0.253 e. The minimum atomic E-state index is -0.868. The Labute approximate surface area is 109 Å². The number of hydrogen-bond donors (Lipinski definition) is 1. The summed E-state index contributed by atoms with van der Waals surface area (Å²) in [5, 5.41) is 9.70. The van der Waals surface area contributed by atoms with E-state index in [4.69, 9.17) is 0 Å². The first kappa shape index (κ1) is 14.7. The quantitative estimate of drug-likeness (QED) is 0.871.